The summed E-state index contributed by atoms with van der Waals surface area (Å²) < 4.78 is 0. The molecule has 1 unspecified atom stereocenters. The SMILES string of the molecule is [O-]N1O[N+]([O-])=C2C=C3C(C=C21)N([O-])ON3[O-]. The molecule has 0 aromatic carbocycles. The maximum Gasteiger partial charge on any atom is 0.295 e. The van der Waals surface area contributed by atoms with Gasteiger partial charge in [-0.1, -0.05) is 0 Å². The van der Waals surface area contributed by atoms with Crippen LogP contribution in [-0.2, 0) is 9.88 Å². The second kappa shape index (κ2) is 2.84. The molecule has 0 N–H and O–H groups in total. The zero-order valence-electron chi connectivity index (χ0n) is 7.47. The van der Waals surface area contributed by atoms with Crippen molar-refractivity contribution in [3.8, 4) is 0 Å². The molecule has 0 saturated carbocycles. The van der Waals surface area contributed by atoms with Crippen LogP contribution in [0.2, 0.25) is 0 Å². The quantitative estimate of drug-likeness (QED) is 0.489. The largest absolute Gasteiger partial charge is 0.759 e. The summed E-state index contributed by atoms with van der Waals surface area (Å²) in [7, 11) is 0. The molecule has 16 heavy (non-hydrogen) atoms. The van der Waals surface area contributed by atoms with E-state index in [0.717, 1.165) is 12.2 Å². The molecular weight excluding hydrogens is 224 g/mol. The molecule has 10 nitrogen and oxygen atoms in total. The van der Waals surface area contributed by atoms with Gasteiger partial charge in [0, 0.05) is 6.08 Å². The molecule has 0 amide bonds. The summed E-state index contributed by atoms with van der Waals surface area (Å²) in [5, 5.41) is 44.3. The molecule has 2 aliphatic heterocycles. The number of nitrogens with zero attached hydrogens (tertiary/aromatic N) is 4. The van der Waals surface area contributed by atoms with Gasteiger partial charge in [-0.3, -0.25) is 5.21 Å². The van der Waals surface area contributed by atoms with E-state index in [1.165, 1.54) is 0 Å². The molecule has 0 bridgehead atoms. The summed E-state index contributed by atoms with van der Waals surface area (Å²) in [4.78, 5) is 8.31. The third kappa shape index (κ3) is 1.04. The van der Waals surface area contributed by atoms with Crippen molar-refractivity contribution in [3.05, 3.63) is 44.4 Å². The first-order valence-electron chi connectivity index (χ1n) is 4.13. The van der Waals surface area contributed by atoms with Crippen LogP contribution in [0.4, 0.5) is 0 Å². The average molecular weight is 227 g/mol. The fourth-order valence-electron chi connectivity index (χ4n) is 1.58. The van der Waals surface area contributed by atoms with E-state index in [-0.39, 0.29) is 37.7 Å². The summed E-state index contributed by atoms with van der Waals surface area (Å²) in [6.07, 6.45) is 2.18. The lowest BCUT2D eigenvalue weighted by atomic mass is 10.0. The molecule has 86 valence electrons. The summed E-state index contributed by atoms with van der Waals surface area (Å²) in [5.74, 6) is 0. The van der Waals surface area contributed by atoms with Gasteiger partial charge in [-0.05, 0) is 6.08 Å². The molecule has 0 radical (unpaired) electrons. The first-order chi connectivity index (χ1) is 7.58. The minimum Gasteiger partial charge on any atom is -0.759 e. The smallest absolute Gasteiger partial charge is 0.295 e. The van der Waals surface area contributed by atoms with Gasteiger partial charge in [0.25, 0.3) is 5.71 Å². The van der Waals surface area contributed by atoms with E-state index in [2.05, 4.69) is 9.88 Å². The molecule has 1 saturated heterocycles. The monoisotopic (exact) mass is 227 g/mol. The van der Waals surface area contributed by atoms with E-state index in [9.17, 15) is 20.8 Å². The van der Waals surface area contributed by atoms with E-state index >= 15 is 0 Å². The Morgan fingerprint density at radius 1 is 1.25 bits per heavy atom. The van der Waals surface area contributed by atoms with Crippen molar-refractivity contribution in [1.29, 1.82) is 0 Å². The molecule has 0 spiro atoms. The lowest BCUT2D eigenvalue weighted by Gasteiger charge is -2.28. The molecule has 1 atom stereocenters. The van der Waals surface area contributed by atoms with Crippen molar-refractivity contribution >= 4 is 5.71 Å². The Morgan fingerprint density at radius 2 is 2.00 bits per heavy atom. The average Bonchev–Trinajstić information content (AvgIpc) is 2.67. The summed E-state index contributed by atoms with van der Waals surface area (Å²) in [5.41, 5.74) is -0.377. The molecule has 3 aliphatic rings. The van der Waals surface area contributed by atoms with Crippen molar-refractivity contribution in [2.75, 3.05) is 0 Å². The fraction of sp³-hybridized carbons (Fsp3) is 0.167. The minimum absolute atomic E-state index is 0.0178. The van der Waals surface area contributed by atoms with Crippen molar-refractivity contribution < 1.29 is 14.8 Å². The lowest BCUT2D eigenvalue weighted by molar-refractivity contribution is -0.774. The lowest BCUT2D eigenvalue weighted by Crippen LogP contribution is -2.27. The van der Waals surface area contributed by atoms with Crippen LogP contribution in [0.5, 0.6) is 0 Å². The van der Waals surface area contributed by atoms with Crippen LogP contribution in [0.3, 0.4) is 0 Å². The van der Waals surface area contributed by atoms with Crippen molar-refractivity contribution in [2.24, 2.45) is 0 Å². The van der Waals surface area contributed by atoms with Crippen LogP contribution in [0, 0.1) is 20.8 Å². The first kappa shape index (κ1) is 9.38. The van der Waals surface area contributed by atoms with E-state index in [1.54, 1.807) is 0 Å². The van der Waals surface area contributed by atoms with Gasteiger partial charge in [-0.25, -0.2) is 10.2 Å². The van der Waals surface area contributed by atoms with E-state index < -0.39 is 6.04 Å². The Morgan fingerprint density at radius 3 is 2.75 bits per heavy atom. The third-order valence-electron chi connectivity index (χ3n) is 2.30. The second-order valence-corrected chi connectivity index (χ2v) is 3.17. The van der Waals surface area contributed by atoms with Crippen LogP contribution in [0.25, 0.3) is 0 Å². The zero-order chi connectivity index (χ0) is 11.4. The van der Waals surface area contributed by atoms with Crippen LogP contribution in [0.15, 0.2) is 23.5 Å². The highest BCUT2D eigenvalue weighted by Crippen LogP contribution is 2.32. The van der Waals surface area contributed by atoms with E-state index in [4.69, 9.17) is 0 Å². The van der Waals surface area contributed by atoms with Crippen LogP contribution in [0.1, 0.15) is 0 Å². The Labute approximate surface area is 87.6 Å². The maximum absolute atomic E-state index is 11.1. The van der Waals surface area contributed by atoms with Crippen molar-refractivity contribution in [2.45, 2.75) is 6.04 Å². The molecule has 1 aliphatic carbocycles. The molecule has 2 heterocycles. The predicted octanol–water partition coefficient (Wildman–Crippen LogP) is -0.792. The third-order valence-corrected chi connectivity index (χ3v) is 2.30. The number of allylic oxidation sites excluding steroid dienone is 1. The minimum atomic E-state index is -1.05. The molecule has 3 rings (SSSR count). The van der Waals surface area contributed by atoms with Gasteiger partial charge < -0.3 is 31.0 Å². The normalized spacial score (nSPS) is 28.8. The summed E-state index contributed by atoms with van der Waals surface area (Å²) in [6, 6.07) is -1.05. The molecule has 1 fully saturated rings. The summed E-state index contributed by atoms with van der Waals surface area (Å²) in [6.45, 7) is 0. The Kier molecular flexibility index (Phi) is 1.66. The second-order valence-electron chi connectivity index (χ2n) is 3.17. The van der Waals surface area contributed by atoms with Gasteiger partial charge in [-0.2, -0.15) is 0 Å². The topological polar surface area (TPSA) is 123 Å². The molecule has 10 heteroatoms. The van der Waals surface area contributed by atoms with Gasteiger partial charge in [0.05, 0.1) is 16.6 Å². The number of hydrogen-bond acceptors (Lipinski definition) is 9. The van der Waals surface area contributed by atoms with E-state index in [1.807, 2.05) is 0 Å². The predicted molar refractivity (Wildman–Crippen MR) is 46.4 cm³/mol. The molecular formula is C6H3N4O6-3. The van der Waals surface area contributed by atoms with Gasteiger partial charge >= 0.3 is 0 Å². The van der Waals surface area contributed by atoms with Gasteiger partial charge in [0.15, 0.2) is 0 Å². The van der Waals surface area contributed by atoms with Gasteiger partial charge in [-0.15, -0.1) is 0 Å². The fourth-order valence-corrected chi connectivity index (χ4v) is 1.58. The maximum atomic E-state index is 11.1. The Balaban J connectivity index is 2.08. The standard InChI is InChI=1S/C6H3N4O6/c11-7-3-1-4-6(10(14)16-8(4)12)2-5(3)9(13)15-7/h1-3H/q-3. The van der Waals surface area contributed by atoms with Crippen LogP contribution >= 0.6 is 0 Å². The zero-order valence-corrected chi connectivity index (χ0v) is 7.47. The highest BCUT2D eigenvalue weighted by Gasteiger charge is 2.37. The highest BCUT2D eigenvalue weighted by atomic mass is 17.1. The number of fused-ring (bicyclic) bond motifs is 2. The molecule has 0 aromatic heterocycles. The van der Waals surface area contributed by atoms with Crippen LogP contribution in [-0.4, -0.2) is 32.3 Å². The summed E-state index contributed by atoms with van der Waals surface area (Å²) >= 11 is 0. The number of hydroxylamine groups is 6. The number of rotatable bonds is 0. The van der Waals surface area contributed by atoms with Gasteiger partial charge in [0.2, 0.25) is 0 Å². The Bertz CT molecular complexity index is 444. The highest BCUT2D eigenvalue weighted by molar-refractivity contribution is 6.06. The van der Waals surface area contributed by atoms with Gasteiger partial charge in [0.1, 0.15) is 5.70 Å². The van der Waals surface area contributed by atoms with E-state index in [0.29, 0.717) is 0 Å². The number of hydrogen-bond donors (Lipinski definition) is 0. The Hall–Kier alpha value is -1.85. The van der Waals surface area contributed by atoms with Crippen molar-refractivity contribution in [1.82, 2.24) is 15.7 Å². The molecule has 0 aromatic rings. The van der Waals surface area contributed by atoms with Crippen LogP contribution < -0.4 is 0 Å². The van der Waals surface area contributed by atoms with Crippen molar-refractivity contribution in [3.63, 3.8) is 0 Å². The first-order valence-corrected chi connectivity index (χ1v) is 4.13.